The summed E-state index contributed by atoms with van der Waals surface area (Å²) in [6, 6.07) is 13.6. The van der Waals surface area contributed by atoms with E-state index in [1.165, 1.54) is 17.8 Å². The number of rotatable bonds is 5. The van der Waals surface area contributed by atoms with E-state index >= 15 is 0 Å². The molecule has 2 aromatic carbocycles. The Morgan fingerprint density at radius 2 is 1.95 bits per heavy atom. The standard InChI is InChI=1S/C15H13FN2OS/c16-14-9-12(18)3-6-15(14)20-8-7-19-13-4-1-11(10-17)2-5-13/h1-6,9H,7-8,18H2. The number of nitriles is 1. The van der Waals surface area contributed by atoms with Crippen molar-refractivity contribution >= 4 is 17.4 Å². The summed E-state index contributed by atoms with van der Waals surface area (Å²) < 4.78 is 19.0. The van der Waals surface area contributed by atoms with Crippen LogP contribution < -0.4 is 10.5 Å². The molecule has 0 heterocycles. The summed E-state index contributed by atoms with van der Waals surface area (Å²) in [5.41, 5.74) is 6.50. The van der Waals surface area contributed by atoms with Gasteiger partial charge in [0, 0.05) is 16.3 Å². The lowest BCUT2D eigenvalue weighted by Gasteiger charge is -2.07. The van der Waals surface area contributed by atoms with Crippen molar-refractivity contribution in [3.63, 3.8) is 0 Å². The number of hydrogen-bond donors (Lipinski definition) is 1. The molecule has 0 atom stereocenters. The fraction of sp³-hybridized carbons (Fsp3) is 0.133. The number of nitrogen functional groups attached to an aromatic ring is 1. The van der Waals surface area contributed by atoms with Gasteiger partial charge >= 0.3 is 0 Å². The van der Waals surface area contributed by atoms with Gasteiger partial charge in [-0.2, -0.15) is 5.26 Å². The number of benzene rings is 2. The molecule has 0 fully saturated rings. The van der Waals surface area contributed by atoms with Crippen LogP contribution in [0.2, 0.25) is 0 Å². The minimum absolute atomic E-state index is 0.312. The Morgan fingerprint density at radius 3 is 2.60 bits per heavy atom. The molecule has 0 unspecified atom stereocenters. The number of thioether (sulfide) groups is 1. The quantitative estimate of drug-likeness (QED) is 0.520. The molecule has 0 spiro atoms. The topological polar surface area (TPSA) is 59.0 Å². The van der Waals surface area contributed by atoms with E-state index in [0.717, 1.165) is 0 Å². The molecule has 3 nitrogen and oxygen atoms in total. The fourth-order valence-corrected chi connectivity index (χ4v) is 2.32. The zero-order valence-corrected chi connectivity index (χ0v) is 11.5. The minimum Gasteiger partial charge on any atom is -0.493 e. The second kappa shape index (κ2) is 6.83. The zero-order valence-electron chi connectivity index (χ0n) is 10.7. The Balaban J connectivity index is 1.80. The number of ether oxygens (including phenoxy) is 1. The molecule has 0 aliphatic rings. The van der Waals surface area contributed by atoms with Crippen LogP contribution in [0.4, 0.5) is 10.1 Å². The molecular weight excluding hydrogens is 275 g/mol. The Labute approximate surface area is 121 Å². The van der Waals surface area contributed by atoms with Crippen LogP contribution in [0.1, 0.15) is 5.56 Å². The van der Waals surface area contributed by atoms with Crippen molar-refractivity contribution in [2.45, 2.75) is 4.90 Å². The molecule has 0 saturated carbocycles. The van der Waals surface area contributed by atoms with Gasteiger partial charge in [0.25, 0.3) is 0 Å². The molecule has 0 radical (unpaired) electrons. The van der Waals surface area contributed by atoms with E-state index in [0.29, 0.717) is 34.3 Å². The highest BCUT2D eigenvalue weighted by molar-refractivity contribution is 7.99. The Bertz CT molecular complexity index is 623. The van der Waals surface area contributed by atoms with Crippen LogP contribution in [-0.4, -0.2) is 12.4 Å². The molecule has 5 heteroatoms. The number of halogens is 1. The highest BCUT2D eigenvalue weighted by Gasteiger charge is 2.03. The van der Waals surface area contributed by atoms with Crippen molar-refractivity contribution in [2.75, 3.05) is 18.1 Å². The van der Waals surface area contributed by atoms with E-state index < -0.39 is 0 Å². The Kier molecular flexibility index (Phi) is 4.85. The summed E-state index contributed by atoms with van der Waals surface area (Å²) in [5, 5.41) is 8.68. The molecule has 0 bridgehead atoms. The Morgan fingerprint density at radius 1 is 1.20 bits per heavy atom. The van der Waals surface area contributed by atoms with Crippen molar-refractivity contribution in [2.24, 2.45) is 0 Å². The third kappa shape index (κ3) is 3.90. The van der Waals surface area contributed by atoms with Gasteiger partial charge < -0.3 is 10.5 Å². The van der Waals surface area contributed by atoms with Gasteiger partial charge in [0.1, 0.15) is 11.6 Å². The first-order valence-electron chi connectivity index (χ1n) is 6.00. The fourth-order valence-electron chi connectivity index (χ4n) is 1.57. The van der Waals surface area contributed by atoms with Crippen LogP contribution in [0.25, 0.3) is 0 Å². The summed E-state index contributed by atoms with van der Waals surface area (Å²) in [5.74, 6) is 1.01. The summed E-state index contributed by atoms with van der Waals surface area (Å²) in [7, 11) is 0. The molecule has 2 aromatic rings. The molecule has 102 valence electrons. The second-order valence-electron chi connectivity index (χ2n) is 4.02. The first-order chi connectivity index (χ1) is 9.69. The van der Waals surface area contributed by atoms with Gasteiger partial charge in [-0.05, 0) is 42.5 Å². The highest BCUT2D eigenvalue weighted by atomic mass is 32.2. The van der Waals surface area contributed by atoms with Crippen molar-refractivity contribution in [3.05, 3.63) is 53.8 Å². The smallest absolute Gasteiger partial charge is 0.138 e. The zero-order chi connectivity index (χ0) is 14.4. The van der Waals surface area contributed by atoms with Crippen LogP contribution in [0.3, 0.4) is 0 Å². The predicted octanol–water partition coefficient (Wildman–Crippen LogP) is 3.45. The van der Waals surface area contributed by atoms with Crippen molar-refractivity contribution in [1.82, 2.24) is 0 Å². The minimum atomic E-state index is -0.312. The van der Waals surface area contributed by atoms with Crippen LogP contribution >= 0.6 is 11.8 Å². The summed E-state index contributed by atoms with van der Waals surface area (Å²) in [4.78, 5) is 0.558. The van der Waals surface area contributed by atoms with Crippen LogP contribution in [0.15, 0.2) is 47.4 Å². The maximum Gasteiger partial charge on any atom is 0.138 e. The molecular formula is C15H13FN2OS. The van der Waals surface area contributed by atoms with Gasteiger partial charge in [-0.25, -0.2) is 4.39 Å². The first-order valence-corrected chi connectivity index (χ1v) is 6.98. The molecule has 2 N–H and O–H groups in total. The summed E-state index contributed by atoms with van der Waals surface area (Å²) in [6.07, 6.45) is 0. The van der Waals surface area contributed by atoms with Crippen LogP contribution in [0.5, 0.6) is 5.75 Å². The third-order valence-electron chi connectivity index (χ3n) is 2.55. The van der Waals surface area contributed by atoms with Gasteiger partial charge in [-0.3, -0.25) is 0 Å². The van der Waals surface area contributed by atoms with Gasteiger partial charge in [-0.1, -0.05) is 0 Å². The molecule has 0 aromatic heterocycles. The Hall–Kier alpha value is -2.19. The SMILES string of the molecule is N#Cc1ccc(OCCSc2ccc(N)cc2F)cc1. The van der Waals surface area contributed by atoms with Crippen LogP contribution in [-0.2, 0) is 0 Å². The van der Waals surface area contributed by atoms with Crippen molar-refractivity contribution < 1.29 is 9.13 Å². The predicted molar refractivity (Wildman–Crippen MR) is 78.2 cm³/mol. The van der Waals surface area contributed by atoms with E-state index in [4.69, 9.17) is 15.7 Å². The van der Waals surface area contributed by atoms with Gasteiger partial charge in [0.15, 0.2) is 0 Å². The number of nitrogens with two attached hydrogens (primary N) is 1. The van der Waals surface area contributed by atoms with Gasteiger partial charge in [0.2, 0.25) is 0 Å². The second-order valence-corrected chi connectivity index (χ2v) is 5.16. The summed E-state index contributed by atoms with van der Waals surface area (Å²) >= 11 is 1.37. The third-order valence-corrected chi connectivity index (χ3v) is 3.56. The lowest BCUT2D eigenvalue weighted by atomic mass is 10.2. The van der Waals surface area contributed by atoms with E-state index in [9.17, 15) is 4.39 Å². The molecule has 20 heavy (non-hydrogen) atoms. The van der Waals surface area contributed by atoms with Gasteiger partial charge in [0.05, 0.1) is 18.2 Å². The molecule has 0 aliphatic heterocycles. The molecule has 0 amide bonds. The molecule has 2 rings (SSSR count). The highest BCUT2D eigenvalue weighted by Crippen LogP contribution is 2.23. The number of anilines is 1. The van der Waals surface area contributed by atoms with E-state index in [1.807, 2.05) is 6.07 Å². The lowest BCUT2D eigenvalue weighted by molar-refractivity contribution is 0.344. The monoisotopic (exact) mass is 288 g/mol. The van der Waals surface area contributed by atoms with Crippen molar-refractivity contribution in [3.8, 4) is 11.8 Å². The largest absolute Gasteiger partial charge is 0.493 e. The average Bonchev–Trinajstić information content (AvgIpc) is 2.46. The van der Waals surface area contributed by atoms with E-state index in [1.54, 1.807) is 36.4 Å². The lowest BCUT2D eigenvalue weighted by Crippen LogP contribution is -2.00. The average molecular weight is 288 g/mol. The van der Waals surface area contributed by atoms with E-state index in [2.05, 4.69) is 0 Å². The van der Waals surface area contributed by atoms with E-state index in [-0.39, 0.29) is 5.82 Å². The molecule has 0 aliphatic carbocycles. The van der Waals surface area contributed by atoms with Crippen molar-refractivity contribution in [1.29, 1.82) is 5.26 Å². The summed E-state index contributed by atoms with van der Waals surface area (Å²) in [6.45, 7) is 0.459. The number of nitrogens with zero attached hydrogens (tertiary/aromatic N) is 1. The van der Waals surface area contributed by atoms with Gasteiger partial charge in [-0.15, -0.1) is 11.8 Å². The van der Waals surface area contributed by atoms with Crippen LogP contribution in [0, 0.1) is 17.1 Å². The maximum absolute atomic E-state index is 13.5. The molecule has 0 saturated heterocycles. The first kappa shape index (κ1) is 14.2. The maximum atomic E-state index is 13.5. The normalized spacial score (nSPS) is 10.0. The number of hydrogen-bond acceptors (Lipinski definition) is 4.